The van der Waals surface area contributed by atoms with Crippen LogP contribution in [0, 0.1) is 29.6 Å². The smallest absolute Gasteiger partial charge is 0.226 e. The number of carbonyl (C=O) groups excluding carboxylic acids is 1. The first-order valence-electron chi connectivity index (χ1n) is 9.47. The van der Waals surface area contributed by atoms with Crippen LogP contribution in [0.4, 0.5) is 0 Å². The van der Waals surface area contributed by atoms with Crippen LogP contribution in [0.3, 0.4) is 0 Å². The van der Waals surface area contributed by atoms with Crippen LogP contribution in [0.25, 0.3) is 0 Å². The molecule has 1 amide bonds. The number of amides is 1. The minimum Gasteiger partial charge on any atom is -0.338 e. The van der Waals surface area contributed by atoms with Crippen LogP contribution in [0.1, 0.15) is 51.9 Å². The highest BCUT2D eigenvalue weighted by atomic mass is 32.2. The van der Waals surface area contributed by atoms with E-state index in [4.69, 9.17) is 0 Å². The van der Waals surface area contributed by atoms with Crippen LogP contribution in [-0.2, 0) is 14.6 Å². The van der Waals surface area contributed by atoms with Crippen molar-refractivity contribution in [3.8, 4) is 0 Å². The van der Waals surface area contributed by atoms with Crippen LogP contribution in [0.15, 0.2) is 0 Å². The molecular weight excluding hydrogens is 310 g/mol. The van der Waals surface area contributed by atoms with Gasteiger partial charge in [-0.05, 0) is 68.6 Å². The third kappa shape index (κ3) is 2.83. The number of sulfone groups is 1. The van der Waals surface area contributed by atoms with Crippen molar-refractivity contribution in [3.05, 3.63) is 0 Å². The van der Waals surface area contributed by atoms with Crippen molar-refractivity contribution in [1.82, 2.24) is 4.90 Å². The van der Waals surface area contributed by atoms with E-state index in [0.29, 0.717) is 24.2 Å². The van der Waals surface area contributed by atoms with Crippen LogP contribution >= 0.6 is 0 Å². The average Bonchev–Trinajstić information content (AvgIpc) is 2.83. The first kappa shape index (κ1) is 15.9. The maximum Gasteiger partial charge on any atom is 0.226 e. The molecule has 5 rings (SSSR count). The van der Waals surface area contributed by atoms with E-state index >= 15 is 0 Å². The fourth-order valence-corrected chi connectivity index (χ4v) is 7.99. The van der Waals surface area contributed by atoms with Gasteiger partial charge in [-0.1, -0.05) is 6.92 Å². The van der Waals surface area contributed by atoms with E-state index in [0.717, 1.165) is 24.8 Å². The molecule has 4 aliphatic carbocycles. The molecule has 23 heavy (non-hydrogen) atoms. The van der Waals surface area contributed by atoms with E-state index in [-0.39, 0.29) is 23.5 Å². The quantitative estimate of drug-likeness (QED) is 0.791. The van der Waals surface area contributed by atoms with Crippen molar-refractivity contribution in [1.29, 1.82) is 0 Å². The Morgan fingerprint density at radius 2 is 1.65 bits per heavy atom. The van der Waals surface area contributed by atoms with Gasteiger partial charge in [0.05, 0.1) is 11.5 Å². The summed E-state index contributed by atoms with van der Waals surface area (Å²) in [6.45, 7) is 2.81. The van der Waals surface area contributed by atoms with E-state index in [1.54, 1.807) is 0 Å². The Morgan fingerprint density at radius 3 is 2.13 bits per heavy atom. The van der Waals surface area contributed by atoms with Gasteiger partial charge < -0.3 is 4.90 Å². The summed E-state index contributed by atoms with van der Waals surface area (Å²) in [5.41, 5.74) is 0. The van der Waals surface area contributed by atoms with Crippen LogP contribution < -0.4 is 0 Å². The second kappa shape index (κ2) is 5.75. The minimum atomic E-state index is -2.94. The summed E-state index contributed by atoms with van der Waals surface area (Å²) in [6.07, 6.45) is 7.92. The van der Waals surface area contributed by atoms with Crippen LogP contribution in [0.2, 0.25) is 0 Å². The predicted molar refractivity (Wildman–Crippen MR) is 89.6 cm³/mol. The molecule has 1 heterocycles. The monoisotopic (exact) mass is 339 g/mol. The standard InChI is InChI=1S/C18H29NO3S/c1-2-4-19(16-3-5-23(21,22)11-16)18(20)17-14-7-12-6-13(9-14)10-15(17)8-12/h12-17H,2-11H2,1H3. The number of rotatable bonds is 4. The Balaban J connectivity index is 1.54. The lowest BCUT2D eigenvalue weighted by atomic mass is 9.51. The van der Waals surface area contributed by atoms with Crippen molar-refractivity contribution in [2.75, 3.05) is 18.1 Å². The molecule has 0 aromatic carbocycles. The van der Waals surface area contributed by atoms with Gasteiger partial charge >= 0.3 is 0 Å². The lowest BCUT2D eigenvalue weighted by Gasteiger charge is -2.54. The second-order valence-electron chi connectivity index (χ2n) is 8.54. The SMILES string of the molecule is CCCN(C(=O)C1C2CC3CC(C2)CC1C3)C1CCS(=O)(=O)C1. The van der Waals surface area contributed by atoms with E-state index < -0.39 is 9.84 Å². The molecule has 1 aliphatic heterocycles. The molecule has 5 heteroatoms. The van der Waals surface area contributed by atoms with Gasteiger partial charge in [0.1, 0.15) is 0 Å². The van der Waals surface area contributed by atoms with E-state index in [1.165, 1.54) is 32.1 Å². The van der Waals surface area contributed by atoms with Crippen molar-refractivity contribution in [2.24, 2.45) is 29.6 Å². The maximum absolute atomic E-state index is 13.4. The molecule has 4 saturated carbocycles. The van der Waals surface area contributed by atoms with Gasteiger partial charge in [-0.25, -0.2) is 8.42 Å². The Morgan fingerprint density at radius 1 is 1.04 bits per heavy atom. The summed E-state index contributed by atoms with van der Waals surface area (Å²) in [7, 11) is -2.94. The number of carbonyl (C=O) groups is 1. The first-order valence-corrected chi connectivity index (χ1v) is 11.3. The van der Waals surface area contributed by atoms with E-state index in [9.17, 15) is 13.2 Å². The molecular formula is C18H29NO3S. The van der Waals surface area contributed by atoms with Gasteiger partial charge in [0.2, 0.25) is 5.91 Å². The first-order chi connectivity index (χ1) is 11.0. The largest absolute Gasteiger partial charge is 0.338 e. The molecule has 0 radical (unpaired) electrons. The fourth-order valence-electron chi connectivity index (χ4n) is 6.25. The van der Waals surface area contributed by atoms with Crippen molar-refractivity contribution < 1.29 is 13.2 Å². The molecule has 5 fully saturated rings. The van der Waals surface area contributed by atoms with Crippen molar-refractivity contribution in [3.63, 3.8) is 0 Å². The summed E-state index contributed by atoms with van der Waals surface area (Å²) in [5.74, 6) is 3.83. The van der Waals surface area contributed by atoms with Gasteiger partial charge in [0.25, 0.3) is 0 Å². The van der Waals surface area contributed by atoms with Gasteiger partial charge in [0.15, 0.2) is 9.84 Å². The van der Waals surface area contributed by atoms with E-state index in [2.05, 4.69) is 6.92 Å². The third-order valence-electron chi connectivity index (χ3n) is 6.91. The number of hydrogen-bond acceptors (Lipinski definition) is 3. The fraction of sp³-hybridized carbons (Fsp3) is 0.944. The van der Waals surface area contributed by atoms with E-state index in [1.807, 2.05) is 4.90 Å². The van der Waals surface area contributed by atoms with Gasteiger partial charge in [-0.3, -0.25) is 4.79 Å². The van der Waals surface area contributed by atoms with Gasteiger partial charge in [0, 0.05) is 18.5 Å². The molecule has 0 aromatic heterocycles. The Kier molecular flexibility index (Phi) is 3.98. The summed E-state index contributed by atoms with van der Waals surface area (Å²) in [6, 6.07) is -0.0652. The molecule has 5 aliphatic rings. The Bertz CT molecular complexity index is 557. The highest BCUT2D eigenvalue weighted by molar-refractivity contribution is 7.91. The maximum atomic E-state index is 13.4. The highest BCUT2D eigenvalue weighted by Crippen LogP contribution is 2.57. The average molecular weight is 340 g/mol. The molecule has 0 spiro atoms. The Labute approximate surface area is 139 Å². The molecule has 0 aromatic rings. The minimum absolute atomic E-state index is 0.0652. The molecule has 1 saturated heterocycles. The zero-order valence-electron chi connectivity index (χ0n) is 14.1. The van der Waals surface area contributed by atoms with Crippen LogP contribution in [-0.4, -0.2) is 43.3 Å². The normalized spacial score (nSPS) is 43.7. The zero-order valence-corrected chi connectivity index (χ0v) is 14.9. The lowest BCUT2D eigenvalue weighted by Crippen LogP contribution is -2.54. The zero-order chi connectivity index (χ0) is 16.2. The molecule has 1 unspecified atom stereocenters. The summed E-state index contributed by atoms with van der Waals surface area (Å²) >= 11 is 0. The summed E-state index contributed by atoms with van der Waals surface area (Å²) in [5, 5.41) is 0. The Hall–Kier alpha value is -0.580. The summed E-state index contributed by atoms with van der Waals surface area (Å²) < 4.78 is 23.7. The van der Waals surface area contributed by atoms with Gasteiger partial charge in [-0.2, -0.15) is 0 Å². The topological polar surface area (TPSA) is 54.5 Å². The second-order valence-corrected chi connectivity index (χ2v) is 10.8. The molecule has 4 bridgehead atoms. The predicted octanol–water partition coefficient (Wildman–Crippen LogP) is 2.48. The highest BCUT2D eigenvalue weighted by Gasteiger charge is 2.52. The molecule has 130 valence electrons. The van der Waals surface area contributed by atoms with Gasteiger partial charge in [-0.15, -0.1) is 0 Å². The van der Waals surface area contributed by atoms with Crippen molar-refractivity contribution >= 4 is 15.7 Å². The molecule has 4 nitrogen and oxygen atoms in total. The van der Waals surface area contributed by atoms with Crippen molar-refractivity contribution in [2.45, 2.75) is 57.9 Å². The molecule has 1 atom stereocenters. The van der Waals surface area contributed by atoms with Crippen LogP contribution in [0.5, 0.6) is 0 Å². The number of nitrogens with zero attached hydrogens (tertiary/aromatic N) is 1. The lowest BCUT2D eigenvalue weighted by molar-refractivity contribution is -0.151. The number of hydrogen-bond donors (Lipinski definition) is 0. The summed E-state index contributed by atoms with van der Waals surface area (Å²) in [4.78, 5) is 15.3. The molecule has 0 N–H and O–H groups in total. The third-order valence-corrected chi connectivity index (χ3v) is 8.66.